The molecule has 0 spiro atoms. The first-order valence-electron chi connectivity index (χ1n) is 5.66. The van der Waals surface area contributed by atoms with Gasteiger partial charge >= 0.3 is 6.09 Å². The van der Waals surface area contributed by atoms with Crippen LogP contribution in [0.5, 0.6) is 0 Å². The molecular formula is C13H11ClN2O3S. The minimum atomic E-state index is -0.732. The maximum Gasteiger partial charge on any atom is 0.426 e. The zero-order valence-electron chi connectivity index (χ0n) is 10.3. The van der Waals surface area contributed by atoms with Crippen LogP contribution >= 0.6 is 22.9 Å². The summed E-state index contributed by atoms with van der Waals surface area (Å²) in [6, 6.07) is 10.3. The first-order chi connectivity index (χ1) is 9.65. The third kappa shape index (κ3) is 4.25. The maximum absolute atomic E-state index is 11.5. The van der Waals surface area contributed by atoms with Gasteiger partial charge in [0.25, 0.3) is 5.91 Å². The smallest absolute Gasteiger partial charge is 0.426 e. The van der Waals surface area contributed by atoms with Crippen molar-refractivity contribution < 1.29 is 14.3 Å². The molecule has 1 heterocycles. The number of carbonyl (C=O) groups is 2. The third-order valence-corrected chi connectivity index (χ3v) is 3.43. The lowest BCUT2D eigenvalue weighted by molar-refractivity contribution is 0.0909. The normalized spacial score (nSPS) is 9.85. The van der Waals surface area contributed by atoms with E-state index in [4.69, 9.17) is 16.3 Å². The molecule has 0 atom stereocenters. The van der Waals surface area contributed by atoms with E-state index in [2.05, 4.69) is 10.9 Å². The highest BCUT2D eigenvalue weighted by molar-refractivity contribution is 7.12. The lowest BCUT2D eigenvalue weighted by Crippen LogP contribution is -2.41. The van der Waals surface area contributed by atoms with E-state index in [1.54, 1.807) is 41.8 Å². The second-order valence-electron chi connectivity index (χ2n) is 3.76. The molecule has 0 saturated carbocycles. The van der Waals surface area contributed by atoms with Gasteiger partial charge in [-0.2, -0.15) is 0 Å². The van der Waals surface area contributed by atoms with Crippen molar-refractivity contribution in [3.8, 4) is 0 Å². The standard InChI is InChI=1S/C13H11ClN2O3S/c14-10-5-3-9(4-6-10)8-19-13(18)16-15-12(17)11-2-1-7-20-11/h1-7H,8H2,(H,15,17)(H,16,18). The Morgan fingerprint density at radius 1 is 1.15 bits per heavy atom. The second kappa shape index (κ2) is 6.93. The summed E-state index contributed by atoms with van der Waals surface area (Å²) >= 11 is 7.02. The third-order valence-electron chi connectivity index (χ3n) is 2.31. The molecule has 5 nitrogen and oxygen atoms in total. The minimum absolute atomic E-state index is 0.0951. The molecule has 1 aromatic carbocycles. The van der Waals surface area contributed by atoms with Gasteiger partial charge in [0, 0.05) is 5.02 Å². The maximum atomic E-state index is 11.5. The number of amides is 2. The van der Waals surface area contributed by atoms with Crippen LogP contribution in [0.4, 0.5) is 4.79 Å². The summed E-state index contributed by atoms with van der Waals surface area (Å²) in [4.78, 5) is 23.4. The van der Waals surface area contributed by atoms with Crippen LogP contribution in [-0.4, -0.2) is 12.0 Å². The summed E-state index contributed by atoms with van der Waals surface area (Å²) in [6.45, 7) is 0.0951. The Bertz CT molecular complexity index is 584. The fourth-order valence-electron chi connectivity index (χ4n) is 1.34. The summed E-state index contributed by atoms with van der Waals surface area (Å²) in [5.41, 5.74) is 5.23. The van der Waals surface area contributed by atoms with E-state index in [0.29, 0.717) is 9.90 Å². The lowest BCUT2D eigenvalue weighted by Gasteiger charge is -2.07. The van der Waals surface area contributed by atoms with Crippen LogP contribution in [0.2, 0.25) is 5.02 Å². The Morgan fingerprint density at radius 2 is 1.90 bits per heavy atom. The van der Waals surface area contributed by atoms with Crippen LogP contribution in [0, 0.1) is 0 Å². The summed E-state index contributed by atoms with van der Waals surface area (Å²) in [6.07, 6.45) is -0.732. The highest BCUT2D eigenvalue weighted by Crippen LogP contribution is 2.10. The fraction of sp³-hybridized carbons (Fsp3) is 0.0769. The molecule has 20 heavy (non-hydrogen) atoms. The van der Waals surface area contributed by atoms with Crippen molar-refractivity contribution in [2.75, 3.05) is 0 Å². The summed E-state index contributed by atoms with van der Waals surface area (Å²) in [5, 5.41) is 2.38. The molecule has 0 aliphatic heterocycles. The SMILES string of the molecule is O=C(NNC(=O)c1cccs1)OCc1ccc(Cl)cc1. The summed E-state index contributed by atoms with van der Waals surface area (Å²) in [5.74, 6) is -0.386. The van der Waals surface area contributed by atoms with E-state index in [1.165, 1.54) is 11.3 Å². The molecule has 7 heteroatoms. The Kier molecular flexibility index (Phi) is 4.97. The van der Waals surface area contributed by atoms with Gasteiger partial charge in [-0.25, -0.2) is 10.2 Å². The van der Waals surface area contributed by atoms with Crippen LogP contribution in [0.25, 0.3) is 0 Å². The molecule has 0 saturated heterocycles. The molecule has 2 rings (SSSR count). The van der Waals surface area contributed by atoms with Crippen LogP contribution in [0.3, 0.4) is 0 Å². The van der Waals surface area contributed by atoms with Gasteiger partial charge in [-0.05, 0) is 29.1 Å². The van der Waals surface area contributed by atoms with Gasteiger partial charge in [-0.3, -0.25) is 10.2 Å². The molecule has 1 aromatic heterocycles. The first-order valence-corrected chi connectivity index (χ1v) is 6.92. The zero-order chi connectivity index (χ0) is 14.4. The van der Waals surface area contributed by atoms with Crippen molar-refractivity contribution in [2.45, 2.75) is 6.61 Å². The molecule has 0 bridgehead atoms. The molecular weight excluding hydrogens is 300 g/mol. The number of ether oxygens (including phenoxy) is 1. The molecule has 104 valence electrons. The number of carbonyl (C=O) groups excluding carboxylic acids is 2. The van der Waals surface area contributed by atoms with Gasteiger partial charge < -0.3 is 4.74 Å². The number of hydrogen-bond donors (Lipinski definition) is 2. The molecule has 0 aliphatic rings. The van der Waals surface area contributed by atoms with E-state index < -0.39 is 6.09 Å². The Balaban J connectivity index is 1.73. The van der Waals surface area contributed by atoms with Gasteiger partial charge in [0.2, 0.25) is 0 Å². The largest absolute Gasteiger partial charge is 0.443 e. The van der Waals surface area contributed by atoms with Crippen molar-refractivity contribution in [3.63, 3.8) is 0 Å². The molecule has 2 amide bonds. The van der Waals surface area contributed by atoms with Crippen molar-refractivity contribution >= 4 is 34.9 Å². The molecule has 0 radical (unpaired) electrons. The van der Waals surface area contributed by atoms with Crippen LogP contribution in [0.15, 0.2) is 41.8 Å². The number of thiophene rings is 1. The summed E-state index contributed by atoms with van der Waals surface area (Å²) < 4.78 is 4.93. The number of hydrogen-bond acceptors (Lipinski definition) is 4. The van der Waals surface area contributed by atoms with Crippen LogP contribution in [0.1, 0.15) is 15.2 Å². The number of halogens is 1. The minimum Gasteiger partial charge on any atom is -0.443 e. The van der Waals surface area contributed by atoms with E-state index in [0.717, 1.165) is 5.56 Å². The molecule has 2 N–H and O–H groups in total. The Hall–Kier alpha value is -2.05. The van der Waals surface area contributed by atoms with Gasteiger partial charge in [-0.15, -0.1) is 11.3 Å². The average Bonchev–Trinajstić information content (AvgIpc) is 2.98. The molecule has 0 unspecified atom stereocenters. The van der Waals surface area contributed by atoms with E-state index in [1.807, 2.05) is 0 Å². The van der Waals surface area contributed by atoms with Crippen LogP contribution < -0.4 is 10.9 Å². The topological polar surface area (TPSA) is 67.4 Å². The van der Waals surface area contributed by atoms with Gasteiger partial charge in [0.1, 0.15) is 6.61 Å². The van der Waals surface area contributed by atoms with Crippen molar-refractivity contribution in [1.29, 1.82) is 0 Å². The fourth-order valence-corrected chi connectivity index (χ4v) is 2.09. The Labute approximate surface area is 124 Å². The number of hydrazine groups is 1. The number of rotatable bonds is 3. The summed E-state index contributed by atoms with van der Waals surface area (Å²) in [7, 11) is 0. The first kappa shape index (κ1) is 14.4. The van der Waals surface area contributed by atoms with Gasteiger partial charge in [-0.1, -0.05) is 29.8 Å². The van der Waals surface area contributed by atoms with Crippen LogP contribution in [-0.2, 0) is 11.3 Å². The van der Waals surface area contributed by atoms with Gasteiger partial charge in [0.15, 0.2) is 0 Å². The molecule has 2 aromatic rings. The van der Waals surface area contributed by atoms with E-state index >= 15 is 0 Å². The van der Waals surface area contributed by atoms with Crippen molar-refractivity contribution in [2.24, 2.45) is 0 Å². The highest BCUT2D eigenvalue weighted by Gasteiger charge is 2.08. The highest BCUT2D eigenvalue weighted by atomic mass is 35.5. The predicted octanol–water partition coefficient (Wildman–Crippen LogP) is 2.97. The number of benzene rings is 1. The van der Waals surface area contributed by atoms with E-state index in [9.17, 15) is 9.59 Å². The lowest BCUT2D eigenvalue weighted by atomic mass is 10.2. The quantitative estimate of drug-likeness (QED) is 0.856. The number of nitrogens with one attached hydrogen (secondary N) is 2. The van der Waals surface area contributed by atoms with Crippen molar-refractivity contribution in [3.05, 3.63) is 57.2 Å². The van der Waals surface area contributed by atoms with Crippen molar-refractivity contribution in [1.82, 2.24) is 10.9 Å². The molecule has 0 fully saturated rings. The van der Waals surface area contributed by atoms with Gasteiger partial charge in [0.05, 0.1) is 4.88 Å². The second-order valence-corrected chi connectivity index (χ2v) is 5.14. The van der Waals surface area contributed by atoms with E-state index in [-0.39, 0.29) is 12.5 Å². The average molecular weight is 311 g/mol. The molecule has 0 aliphatic carbocycles. The predicted molar refractivity (Wildman–Crippen MR) is 76.6 cm³/mol. The Morgan fingerprint density at radius 3 is 2.55 bits per heavy atom. The zero-order valence-corrected chi connectivity index (χ0v) is 11.8. The monoisotopic (exact) mass is 310 g/mol.